The second-order valence-electron chi connectivity index (χ2n) is 3.92. The molecule has 2 nitrogen and oxygen atoms in total. The van der Waals surface area contributed by atoms with Crippen LogP contribution in [-0.2, 0) is 6.18 Å². The predicted molar refractivity (Wildman–Crippen MR) is 62.1 cm³/mol. The summed E-state index contributed by atoms with van der Waals surface area (Å²) in [5.74, 6) is -4.14. The summed E-state index contributed by atoms with van der Waals surface area (Å²) in [6.07, 6.45) is -4.64. The first kappa shape index (κ1) is 15.9. The fraction of sp³-hybridized carbons (Fsp3) is 0.364. The molecule has 0 spiro atoms. The standard InChI is InChI=1S/C11H9BrF5NO/c1-10(13,14)5-18-9(19)6-3-2-4-7(8(6)12)11(15,16)17/h2-4H,5H2,1H3,(H,18,19). The monoisotopic (exact) mass is 345 g/mol. The zero-order valence-electron chi connectivity index (χ0n) is 9.62. The van der Waals surface area contributed by atoms with Gasteiger partial charge in [-0.05, 0) is 28.1 Å². The Bertz CT molecular complexity index is 481. The zero-order valence-corrected chi connectivity index (χ0v) is 11.2. The molecule has 1 aromatic rings. The minimum absolute atomic E-state index is 0.348. The molecule has 1 rings (SSSR count). The molecule has 0 fully saturated rings. The molecule has 8 heteroatoms. The van der Waals surface area contributed by atoms with E-state index < -0.39 is 34.6 Å². The lowest BCUT2D eigenvalue weighted by molar-refractivity contribution is -0.138. The van der Waals surface area contributed by atoms with Crippen LogP contribution in [0, 0.1) is 0 Å². The van der Waals surface area contributed by atoms with Gasteiger partial charge in [0, 0.05) is 11.4 Å². The van der Waals surface area contributed by atoms with Crippen molar-refractivity contribution in [1.29, 1.82) is 0 Å². The van der Waals surface area contributed by atoms with Crippen LogP contribution < -0.4 is 5.32 Å². The zero-order chi connectivity index (χ0) is 14.8. The van der Waals surface area contributed by atoms with Gasteiger partial charge in [0.2, 0.25) is 0 Å². The van der Waals surface area contributed by atoms with Crippen LogP contribution in [0.5, 0.6) is 0 Å². The summed E-state index contributed by atoms with van der Waals surface area (Å²) in [5, 5.41) is 1.87. The summed E-state index contributed by atoms with van der Waals surface area (Å²) in [5.41, 5.74) is -1.39. The lowest BCUT2D eigenvalue weighted by atomic mass is 10.1. The van der Waals surface area contributed by atoms with Gasteiger partial charge in [0.1, 0.15) is 0 Å². The molecule has 0 aliphatic heterocycles. The van der Waals surface area contributed by atoms with Gasteiger partial charge in [0.15, 0.2) is 0 Å². The van der Waals surface area contributed by atoms with Crippen molar-refractivity contribution < 1.29 is 26.7 Å². The molecule has 0 radical (unpaired) electrons. The molecular formula is C11H9BrF5NO. The van der Waals surface area contributed by atoms with Crippen molar-refractivity contribution in [2.24, 2.45) is 0 Å². The van der Waals surface area contributed by atoms with Crippen LogP contribution in [-0.4, -0.2) is 18.4 Å². The molecule has 19 heavy (non-hydrogen) atoms. The Morgan fingerprint density at radius 1 is 1.26 bits per heavy atom. The number of hydrogen-bond donors (Lipinski definition) is 1. The van der Waals surface area contributed by atoms with Gasteiger partial charge in [-0.25, -0.2) is 8.78 Å². The maximum atomic E-state index is 12.6. The van der Waals surface area contributed by atoms with Gasteiger partial charge in [-0.15, -0.1) is 0 Å². The summed E-state index contributed by atoms with van der Waals surface area (Å²) >= 11 is 2.67. The second-order valence-corrected chi connectivity index (χ2v) is 4.71. The summed E-state index contributed by atoms with van der Waals surface area (Å²) in [6.45, 7) is -0.358. The first-order chi connectivity index (χ1) is 8.52. The van der Waals surface area contributed by atoms with Crippen LogP contribution in [0.2, 0.25) is 0 Å². The normalized spacial score (nSPS) is 12.4. The number of hydrogen-bond acceptors (Lipinski definition) is 1. The molecule has 1 amide bonds. The molecule has 0 aliphatic carbocycles. The molecule has 106 valence electrons. The summed E-state index contributed by atoms with van der Waals surface area (Å²) in [4.78, 5) is 11.5. The van der Waals surface area contributed by atoms with E-state index in [2.05, 4.69) is 15.9 Å². The maximum Gasteiger partial charge on any atom is 0.417 e. The average Bonchev–Trinajstić information content (AvgIpc) is 2.23. The Labute approximate surface area is 114 Å². The minimum Gasteiger partial charge on any atom is -0.346 e. The number of alkyl halides is 5. The number of benzene rings is 1. The molecule has 1 N–H and O–H groups in total. The molecular weight excluding hydrogens is 337 g/mol. The van der Waals surface area contributed by atoms with Gasteiger partial charge in [0.25, 0.3) is 11.8 Å². The first-order valence-corrected chi connectivity index (χ1v) is 5.83. The van der Waals surface area contributed by atoms with Crippen molar-refractivity contribution in [3.8, 4) is 0 Å². The van der Waals surface area contributed by atoms with E-state index in [-0.39, 0.29) is 5.56 Å². The van der Waals surface area contributed by atoms with E-state index in [1.807, 2.05) is 5.32 Å². The third kappa shape index (κ3) is 4.45. The third-order valence-electron chi connectivity index (χ3n) is 2.11. The molecule has 1 aromatic carbocycles. The van der Waals surface area contributed by atoms with Gasteiger partial charge in [-0.3, -0.25) is 4.79 Å². The fourth-order valence-corrected chi connectivity index (χ4v) is 1.93. The largest absolute Gasteiger partial charge is 0.417 e. The second kappa shape index (κ2) is 5.44. The summed E-state index contributed by atoms with van der Waals surface area (Å²) < 4.78 is 62.4. The van der Waals surface area contributed by atoms with E-state index in [0.717, 1.165) is 18.2 Å². The summed E-state index contributed by atoms with van der Waals surface area (Å²) in [6, 6.07) is 2.93. The number of amides is 1. The third-order valence-corrected chi connectivity index (χ3v) is 2.96. The van der Waals surface area contributed by atoms with Crippen LogP contribution in [0.15, 0.2) is 22.7 Å². The average molecular weight is 346 g/mol. The Balaban J connectivity index is 2.99. The molecule has 0 aromatic heterocycles. The van der Waals surface area contributed by atoms with E-state index in [1.165, 1.54) is 0 Å². The number of rotatable bonds is 3. The van der Waals surface area contributed by atoms with Crippen LogP contribution in [0.4, 0.5) is 22.0 Å². The van der Waals surface area contributed by atoms with Crippen molar-refractivity contribution in [2.45, 2.75) is 19.0 Å². The van der Waals surface area contributed by atoms with Gasteiger partial charge in [0.05, 0.1) is 17.7 Å². The van der Waals surface area contributed by atoms with E-state index in [0.29, 0.717) is 6.92 Å². The highest BCUT2D eigenvalue weighted by molar-refractivity contribution is 9.10. The number of carbonyl (C=O) groups excluding carboxylic acids is 1. The Hall–Kier alpha value is -1.18. The van der Waals surface area contributed by atoms with E-state index in [1.54, 1.807) is 0 Å². The van der Waals surface area contributed by atoms with E-state index in [4.69, 9.17) is 0 Å². The Morgan fingerprint density at radius 2 is 1.84 bits per heavy atom. The molecule has 0 unspecified atom stereocenters. The lowest BCUT2D eigenvalue weighted by Gasteiger charge is -2.14. The number of carbonyl (C=O) groups is 1. The van der Waals surface area contributed by atoms with Crippen LogP contribution in [0.25, 0.3) is 0 Å². The molecule has 0 bridgehead atoms. The first-order valence-electron chi connectivity index (χ1n) is 5.04. The van der Waals surface area contributed by atoms with Crippen molar-refractivity contribution in [2.75, 3.05) is 6.54 Å². The van der Waals surface area contributed by atoms with Crippen LogP contribution in [0.1, 0.15) is 22.8 Å². The Morgan fingerprint density at radius 3 is 2.32 bits per heavy atom. The lowest BCUT2D eigenvalue weighted by Crippen LogP contribution is -2.34. The van der Waals surface area contributed by atoms with Gasteiger partial charge >= 0.3 is 6.18 Å². The predicted octanol–water partition coefficient (Wildman–Crippen LogP) is 3.85. The van der Waals surface area contributed by atoms with Crippen molar-refractivity contribution in [3.05, 3.63) is 33.8 Å². The van der Waals surface area contributed by atoms with Crippen LogP contribution >= 0.6 is 15.9 Å². The van der Waals surface area contributed by atoms with E-state index in [9.17, 15) is 26.7 Å². The van der Waals surface area contributed by atoms with Crippen LogP contribution in [0.3, 0.4) is 0 Å². The Kier molecular flexibility index (Phi) is 4.54. The van der Waals surface area contributed by atoms with Crippen molar-refractivity contribution >= 4 is 21.8 Å². The van der Waals surface area contributed by atoms with Crippen molar-refractivity contribution in [3.63, 3.8) is 0 Å². The van der Waals surface area contributed by atoms with Gasteiger partial charge in [-0.2, -0.15) is 13.2 Å². The van der Waals surface area contributed by atoms with E-state index >= 15 is 0 Å². The van der Waals surface area contributed by atoms with Gasteiger partial charge in [-0.1, -0.05) is 6.07 Å². The highest BCUT2D eigenvalue weighted by atomic mass is 79.9. The molecule has 0 heterocycles. The smallest absolute Gasteiger partial charge is 0.346 e. The minimum atomic E-state index is -4.64. The summed E-state index contributed by atoms with van der Waals surface area (Å²) in [7, 11) is 0. The quantitative estimate of drug-likeness (QED) is 0.828. The molecule has 0 saturated heterocycles. The molecule has 0 saturated carbocycles. The fourth-order valence-electron chi connectivity index (χ4n) is 1.26. The number of nitrogens with one attached hydrogen (secondary N) is 1. The molecule has 0 atom stereocenters. The van der Waals surface area contributed by atoms with Gasteiger partial charge < -0.3 is 5.32 Å². The highest BCUT2D eigenvalue weighted by Gasteiger charge is 2.34. The highest BCUT2D eigenvalue weighted by Crippen LogP contribution is 2.36. The SMILES string of the molecule is CC(F)(F)CNC(=O)c1cccc(C(F)(F)F)c1Br. The molecule has 0 aliphatic rings. The van der Waals surface area contributed by atoms with Crippen molar-refractivity contribution in [1.82, 2.24) is 5.32 Å². The number of halogens is 6. The maximum absolute atomic E-state index is 12.6. The topological polar surface area (TPSA) is 29.1 Å².